The van der Waals surface area contributed by atoms with E-state index >= 15 is 0 Å². The van der Waals surface area contributed by atoms with E-state index in [9.17, 15) is 14.7 Å². The Balaban J connectivity index is 1.50. The number of fused-ring (bicyclic) bond motifs is 1. The van der Waals surface area contributed by atoms with Crippen LogP contribution in [0.1, 0.15) is 21.7 Å². The number of nitrogens with zero attached hydrogens (tertiary/aromatic N) is 4. The summed E-state index contributed by atoms with van der Waals surface area (Å²) in [4.78, 5) is 35.0. The summed E-state index contributed by atoms with van der Waals surface area (Å²) >= 11 is 0. The number of aromatic nitrogens is 2. The Morgan fingerprint density at radius 2 is 1.41 bits per heavy atom. The first-order chi connectivity index (χ1) is 16.6. The van der Waals surface area contributed by atoms with Gasteiger partial charge in [0.25, 0.3) is 5.56 Å². The molecule has 1 saturated heterocycles. The molecule has 0 amide bonds. The quantitative estimate of drug-likeness (QED) is 0.481. The van der Waals surface area contributed by atoms with Crippen LogP contribution in [-0.2, 0) is 13.1 Å². The van der Waals surface area contributed by atoms with Gasteiger partial charge < -0.3 is 5.11 Å². The monoisotopic (exact) mass is 454 g/mol. The van der Waals surface area contributed by atoms with Gasteiger partial charge in [-0.2, -0.15) is 0 Å². The summed E-state index contributed by atoms with van der Waals surface area (Å²) < 4.78 is 1.58. The van der Waals surface area contributed by atoms with E-state index in [0.29, 0.717) is 28.7 Å². The number of hydrogen-bond donors (Lipinski definition) is 1. The standard InChI is InChI=1S/C27H26N4O3/c32-26-23-12-5-4-11-22(23)25(27(33)34)24(31(26)21-9-2-1-3-10-21)19-30-16-14-29(15-17-30)18-20-8-6-7-13-28-20/h1-13H,14-19H2,(H,33,34). The summed E-state index contributed by atoms with van der Waals surface area (Å²) in [6.45, 7) is 4.43. The van der Waals surface area contributed by atoms with Gasteiger partial charge in [-0.3, -0.25) is 24.1 Å². The first-order valence-electron chi connectivity index (χ1n) is 11.4. The van der Waals surface area contributed by atoms with Crippen molar-refractivity contribution in [3.05, 3.63) is 106 Å². The van der Waals surface area contributed by atoms with Gasteiger partial charge in [-0.15, -0.1) is 0 Å². The van der Waals surface area contributed by atoms with Gasteiger partial charge in [-0.1, -0.05) is 42.5 Å². The molecule has 0 saturated carbocycles. The third-order valence-corrected chi connectivity index (χ3v) is 6.37. The Labute approximate surface area is 197 Å². The number of piperazine rings is 1. The van der Waals surface area contributed by atoms with Gasteiger partial charge in [0.1, 0.15) is 0 Å². The number of rotatable bonds is 6. The van der Waals surface area contributed by atoms with E-state index in [1.54, 1.807) is 28.8 Å². The normalized spacial score (nSPS) is 14.9. The number of aromatic carboxylic acids is 1. The van der Waals surface area contributed by atoms with Crippen LogP contribution in [0.2, 0.25) is 0 Å². The number of carboxylic acid groups (broad SMARTS) is 1. The van der Waals surface area contributed by atoms with Gasteiger partial charge in [0.2, 0.25) is 0 Å². The van der Waals surface area contributed by atoms with Crippen molar-refractivity contribution in [3.8, 4) is 5.69 Å². The highest BCUT2D eigenvalue weighted by atomic mass is 16.4. The highest BCUT2D eigenvalue weighted by Gasteiger charge is 2.25. The maximum atomic E-state index is 13.6. The van der Waals surface area contributed by atoms with Gasteiger partial charge in [-0.05, 0) is 30.3 Å². The number of para-hydroxylation sites is 1. The van der Waals surface area contributed by atoms with Crippen LogP contribution in [-0.4, -0.2) is 56.6 Å². The maximum Gasteiger partial charge on any atom is 0.338 e. The Morgan fingerprint density at radius 3 is 2.06 bits per heavy atom. The summed E-state index contributed by atoms with van der Waals surface area (Å²) in [7, 11) is 0. The fraction of sp³-hybridized carbons (Fsp3) is 0.222. The summed E-state index contributed by atoms with van der Waals surface area (Å²) in [5.41, 5.74) is 2.22. The highest BCUT2D eigenvalue weighted by molar-refractivity contribution is 6.04. The average molecular weight is 455 g/mol. The van der Waals surface area contributed by atoms with Crippen molar-refractivity contribution in [2.75, 3.05) is 26.2 Å². The second-order valence-electron chi connectivity index (χ2n) is 8.52. The van der Waals surface area contributed by atoms with Crippen molar-refractivity contribution < 1.29 is 9.90 Å². The number of hydrogen-bond acceptors (Lipinski definition) is 5. The molecule has 172 valence electrons. The largest absolute Gasteiger partial charge is 0.478 e. The summed E-state index contributed by atoms with van der Waals surface area (Å²) in [5.74, 6) is -1.02. The zero-order valence-corrected chi connectivity index (χ0v) is 18.8. The third-order valence-electron chi connectivity index (χ3n) is 6.37. The lowest BCUT2D eigenvalue weighted by Crippen LogP contribution is -2.46. The smallest absolute Gasteiger partial charge is 0.338 e. The van der Waals surface area contributed by atoms with E-state index in [-0.39, 0.29) is 11.1 Å². The van der Waals surface area contributed by atoms with Crippen molar-refractivity contribution in [1.29, 1.82) is 0 Å². The first-order valence-corrected chi connectivity index (χ1v) is 11.4. The molecule has 1 fully saturated rings. The fourth-order valence-electron chi connectivity index (χ4n) is 4.67. The SMILES string of the molecule is O=C(O)c1c(CN2CCN(Cc3ccccn3)CC2)n(-c2ccccc2)c(=O)c2ccccc12. The van der Waals surface area contributed by atoms with Crippen LogP contribution in [0.15, 0.2) is 83.8 Å². The second-order valence-corrected chi connectivity index (χ2v) is 8.52. The van der Waals surface area contributed by atoms with Crippen LogP contribution in [0.3, 0.4) is 0 Å². The molecule has 2 aromatic heterocycles. The Morgan fingerprint density at radius 1 is 0.794 bits per heavy atom. The van der Waals surface area contributed by atoms with Gasteiger partial charge >= 0.3 is 5.97 Å². The molecule has 0 bridgehead atoms. The first kappa shape index (κ1) is 22.0. The molecule has 3 heterocycles. The average Bonchev–Trinajstić information content (AvgIpc) is 2.86. The van der Waals surface area contributed by atoms with Crippen LogP contribution in [0.5, 0.6) is 0 Å². The minimum absolute atomic E-state index is 0.190. The topological polar surface area (TPSA) is 78.7 Å². The van der Waals surface area contributed by atoms with Crippen LogP contribution in [0.25, 0.3) is 16.5 Å². The molecule has 2 aromatic carbocycles. The molecule has 4 aromatic rings. The number of pyridine rings is 2. The van der Waals surface area contributed by atoms with Gasteiger partial charge in [-0.25, -0.2) is 4.79 Å². The predicted octanol–water partition coefficient (Wildman–Crippen LogP) is 3.40. The Kier molecular flexibility index (Phi) is 6.20. The third kappa shape index (κ3) is 4.35. The zero-order chi connectivity index (χ0) is 23.5. The van der Waals surface area contributed by atoms with E-state index < -0.39 is 5.97 Å². The molecule has 0 aliphatic carbocycles. The lowest BCUT2D eigenvalue weighted by molar-refractivity contribution is 0.0693. The molecule has 1 aliphatic heterocycles. The van der Waals surface area contributed by atoms with Crippen LogP contribution in [0.4, 0.5) is 0 Å². The van der Waals surface area contributed by atoms with Crippen LogP contribution in [0, 0.1) is 0 Å². The molecule has 0 atom stereocenters. The number of carboxylic acids is 1. The van der Waals surface area contributed by atoms with Crippen molar-refractivity contribution in [3.63, 3.8) is 0 Å². The summed E-state index contributed by atoms with van der Waals surface area (Å²) in [5, 5.41) is 11.1. The maximum absolute atomic E-state index is 13.6. The van der Waals surface area contributed by atoms with Gasteiger partial charge in [0.05, 0.1) is 17.0 Å². The molecular weight excluding hydrogens is 428 g/mol. The van der Waals surface area contributed by atoms with E-state index in [2.05, 4.69) is 14.8 Å². The van der Waals surface area contributed by atoms with Gasteiger partial charge in [0, 0.05) is 61.9 Å². The van der Waals surface area contributed by atoms with E-state index in [1.807, 2.05) is 54.7 Å². The molecule has 0 unspecified atom stereocenters. The van der Waals surface area contributed by atoms with Crippen molar-refractivity contribution in [2.45, 2.75) is 13.1 Å². The molecular formula is C27H26N4O3. The molecule has 5 rings (SSSR count). The molecule has 7 heteroatoms. The molecule has 0 spiro atoms. The lowest BCUT2D eigenvalue weighted by Gasteiger charge is -2.35. The Bertz CT molecular complexity index is 1360. The van der Waals surface area contributed by atoms with Gasteiger partial charge in [0.15, 0.2) is 0 Å². The zero-order valence-electron chi connectivity index (χ0n) is 18.8. The van der Waals surface area contributed by atoms with Crippen LogP contribution >= 0.6 is 0 Å². The highest BCUT2D eigenvalue weighted by Crippen LogP contribution is 2.24. The Hall–Kier alpha value is -3.81. The molecule has 0 radical (unpaired) electrons. The molecule has 1 aliphatic rings. The lowest BCUT2D eigenvalue weighted by atomic mass is 10.0. The summed E-state index contributed by atoms with van der Waals surface area (Å²) in [6.07, 6.45) is 1.81. The second kappa shape index (κ2) is 9.59. The fourth-order valence-corrected chi connectivity index (χ4v) is 4.67. The molecule has 34 heavy (non-hydrogen) atoms. The number of benzene rings is 2. The minimum atomic E-state index is -1.02. The molecule has 1 N–H and O–H groups in total. The van der Waals surface area contributed by atoms with Crippen molar-refractivity contribution >= 4 is 16.7 Å². The van der Waals surface area contributed by atoms with E-state index in [1.165, 1.54) is 0 Å². The van der Waals surface area contributed by atoms with Crippen molar-refractivity contribution in [1.82, 2.24) is 19.4 Å². The predicted molar refractivity (Wildman–Crippen MR) is 131 cm³/mol. The summed E-state index contributed by atoms with van der Waals surface area (Å²) in [6, 6.07) is 22.2. The van der Waals surface area contributed by atoms with Crippen LogP contribution < -0.4 is 5.56 Å². The van der Waals surface area contributed by atoms with E-state index in [0.717, 1.165) is 38.4 Å². The minimum Gasteiger partial charge on any atom is -0.478 e. The number of carbonyl (C=O) groups is 1. The van der Waals surface area contributed by atoms with E-state index in [4.69, 9.17) is 0 Å². The molecule has 7 nitrogen and oxygen atoms in total. The van der Waals surface area contributed by atoms with Crippen molar-refractivity contribution in [2.24, 2.45) is 0 Å².